The summed E-state index contributed by atoms with van der Waals surface area (Å²) in [5.41, 5.74) is 0. The van der Waals surface area contributed by atoms with E-state index in [1.165, 1.54) is 35.3 Å². The fourth-order valence-electron chi connectivity index (χ4n) is 3.33. The standard InChI is InChI=1S/C20H21N3O3S2/c24-19(15-5-3-11-26-15)22-18-8-7-17(28-18)20(25)21-13-14(16-6-4-12-27-16)23-9-1-2-10-23/h3-8,11-12,14H,1-2,9-10,13H2,(H,21,25)(H,22,24). The first kappa shape index (κ1) is 18.9. The summed E-state index contributed by atoms with van der Waals surface area (Å²) in [7, 11) is 0. The molecule has 6 nitrogen and oxygen atoms in total. The summed E-state index contributed by atoms with van der Waals surface area (Å²) < 4.78 is 5.08. The van der Waals surface area contributed by atoms with Gasteiger partial charge in [0.2, 0.25) is 0 Å². The molecule has 0 saturated carbocycles. The van der Waals surface area contributed by atoms with E-state index in [0.29, 0.717) is 16.4 Å². The highest BCUT2D eigenvalue weighted by Gasteiger charge is 2.25. The fourth-order valence-corrected chi connectivity index (χ4v) is 5.01. The van der Waals surface area contributed by atoms with Crippen molar-refractivity contribution in [3.8, 4) is 0 Å². The van der Waals surface area contributed by atoms with Crippen molar-refractivity contribution in [3.63, 3.8) is 0 Å². The van der Waals surface area contributed by atoms with E-state index in [9.17, 15) is 9.59 Å². The Balaban J connectivity index is 1.36. The monoisotopic (exact) mass is 415 g/mol. The topological polar surface area (TPSA) is 74.6 Å². The first-order chi connectivity index (χ1) is 13.7. The Hall–Kier alpha value is -2.42. The van der Waals surface area contributed by atoms with Crippen LogP contribution in [0.1, 0.15) is 44.0 Å². The van der Waals surface area contributed by atoms with E-state index in [1.807, 2.05) is 0 Å². The Morgan fingerprint density at radius 2 is 1.96 bits per heavy atom. The zero-order valence-corrected chi connectivity index (χ0v) is 16.9. The summed E-state index contributed by atoms with van der Waals surface area (Å²) in [6, 6.07) is 11.1. The highest BCUT2D eigenvalue weighted by Crippen LogP contribution is 2.28. The van der Waals surface area contributed by atoms with Crippen LogP contribution in [0.2, 0.25) is 0 Å². The lowest BCUT2D eigenvalue weighted by Gasteiger charge is -2.26. The molecule has 1 aliphatic heterocycles. The van der Waals surface area contributed by atoms with E-state index >= 15 is 0 Å². The van der Waals surface area contributed by atoms with Crippen LogP contribution in [0.4, 0.5) is 5.00 Å². The predicted molar refractivity (Wildman–Crippen MR) is 111 cm³/mol. The van der Waals surface area contributed by atoms with Crippen molar-refractivity contribution in [2.45, 2.75) is 18.9 Å². The molecule has 0 aromatic carbocycles. The third-order valence-corrected chi connectivity index (χ3v) is 6.69. The van der Waals surface area contributed by atoms with Gasteiger partial charge in [-0.05, 0) is 61.6 Å². The maximum Gasteiger partial charge on any atom is 0.291 e. The van der Waals surface area contributed by atoms with E-state index < -0.39 is 0 Å². The summed E-state index contributed by atoms with van der Waals surface area (Å²) in [6.45, 7) is 2.71. The first-order valence-corrected chi connectivity index (χ1v) is 10.9. The number of carbonyl (C=O) groups is 2. The van der Waals surface area contributed by atoms with Gasteiger partial charge in [0.25, 0.3) is 11.8 Å². The minimum atomic E-state index is -0.328. The average molecular weight is 416 g/mol. The lowest BCUT2D eigenvalue weighted by Crippen LogP contribution is -2.36. The fraction of sp³-hybridized carbons (Fsp3) is 0.300. The minimum Gasteiger partial charge on any atom is -0.459 e. The molecular formula is C20H21N3O3S2. The molecule has 1 fully saturated rings. The van der Waals surface area contributed by atoms with Crippen LogP contribution in [-0.2, 0) is 0 Å². The maximum atomic E-state index is 12.6. The molecular weight excluding hydrogens is 394 g/mol. The summed E-state index contributed by atoms with van der Waals surface area (Å²) in [5, 5.41) is 8.50. The number of hydrogen-bond acceptors (Lipinski definition) is 6. The Labute approximate surface area is 171 Å². The Bertz CT molecular complexity index is 913. The van der Waals surface area contributed by atoms with Crippen LogP contribution in [0.25, 0.3) is 0 Å². The number of nitrogens with zero attached hydrogens (tertiary/aromatic N) is 1. The molecule has 0 spiro atoms. The van der Waals surface area contributed by atoms with Gasteiger partial charge in [0.1, 0.15) is 0 Å². The Kier molecular flexibility index (Phi) is 5.90. The zero-order valence-electron chi connectivity index (χ0n) is 15.2. The molecule has 0 radical (unpaired) electrons. The zero-order chi connectivity index (χ0) is 19.3. The van der Waals surface area contributed by atoms with E-state index in [0.717, 1.165) is 13.1 Å². The van der Waals surface area contributed by atoms with Crippen LogP contribution in [0.5, 0.6) is 0 Å². The molecule has 28 heavy (non-hydrogen) atoms. The van der Waals surface area contributed by atoms with E-state index in [4.69, 9.17) is 4.42 Å². The molecule has 4 heterocycles. The lowest BCUT2D eigenvalue weighted by atomic mass is 10.2. The first-order valence-electron chi connectivity index (χ1n) is 9.21. The molecule has 1 aliphatic rings. The van der Waals surface area contributed by atoms with Gasteiger partial charge in [0.05, 0.1) is 22.2 Å². The molecule has 1 atom stereocenters. The molecule has 4 rings (SSSR count). The van der Waals surface area contributed by atoms with Gasteiger partial charge >= 0.3 is 0 Å². The Morgan fingerprint density at radius 1 is 1.11 bits per heavy atom. The number of rotatable bonds is 7. The molecule has 1 saturated heterocycles. The van der Waals surface area contributed by atoms with E-state index in [2.05, 4.69) is 33.0 Å². The van der Waals surface area contributed by atoms with Crippen molar-refractivity contribution in [1.82, 2.24) is 10.2 Å². The van der Waals surface area contributed by atoms with Crippen molar-refractivity contribution in [1.29, 1.82) is 0 Å². The average Bonchev–Trinajstić information content (AvgIpc) is 3.50. The van der Waals surface area contributed by atoms with Gasteiger partial charge in [-0.1, -0.05) is 6.07 Å². The van der Waals surface area contributed by atoms with Crippen LogP contribution in [0.15, 0.2) is 52.5 Å². The van der Waals surface area contributed by atoms with Gasteiger partial charge in [0, 0.05) is 11.4 Å². The van der Waals surface area contributed by atoms with Crippen molar-refractivity contribution < 1.29 is 14.0 Å². The van der Waals surface area contributed by atoms with Crippen LogP contribution in [0, 0.1) is 0 Å². The van der Waals surface area contributed by atoms with Crippen LogP contribution in [-0.4, -0.2) is 36.3 Å². The van der Waals surface area contributed by atoms with E-state index in [1.54, 1.807) is 35.6 Å². The molecule has 3 aromatic heterocycles. The third kappa shape index (κ3) is 4.35. The van der Waals surface area contributed by atoms with Gasteiger partial charge in [-0.25, -0.2) is 0 Å². The third-order valence-electron chi connectivity index (χ3n) is 4.72. The van der Waals surface area contributed by atoms with Gasteiger partial charge < -0.3 is 15.1 Å². The number of amides is 2. The molecule has 2 N–H and O–H groups in total. The number of nitrogens with one attached hydrogen (secondary N) is 2. The largest absolute Gasteiger partial charge is 0.459 e. The molecule has 0 aliphatic carbocycles. The minimum absolute atomic E-state index is 0.121. The second-order valence-electron chi connectivity index (χ2n) is 6.58. The second kappa shape index (κ2) is 8.72. The predicted octanol–water partition coefficient (Wildman–Crippen LogP) is 4.22. The Morgan fingerprint density at radius 3 is 2.68 bits per heavy atom. The van der Waals surface area contributed by atoms with E-state index in [-0.39, 0.29) is 23.6 Å². The number of thiophene rings is 2. The summed E-state index contributed by atoms with van der Waals surface area (Å²) in [4.78, 5) is 28.9. The van der Waals surface area contributed by atoms with Crippen LogP contribution >= 0.6 is 22.7 Å². The molecule has 3 aromatic rings. The number of likely N-dealkylation sites (tertiary alicyclic amines) is 1. The molecule has 2 amide bonds. The molecule has 1 unspecified atom stereocenters. The molecule has 0 bridgehead atoms. The van der Waals surface area contributed by atoms with Gasteiger partial charge in [0.15, 0.2) is 5.76 Å². The SMILES string of the molecule is O=C(Nc1ccc(C(=O)NCC(c2cccs2)N2CCCC2)s1)c1ccco1. The summed E-state index contributed by atoms with van der Waals surface area (Å²) in [5.74, 6) is -0.210. The van der Waals surface area contributed by atoms with Crippen molar-refractivity contribution in [2.24, 2.45) is 0 Å². The van der Waals surface area contributed by atoms with Crippen LogP contribution < -0.4 is 10.6 Å². The smallest absolute Gasteiger partial charge is 0.291 e. The molecule has 146 valence electrons. The lowest BCUT2D eigenvalue weighted by molar-refractivity contribution is 0.0941. The highest BCUT2D eigenvalue weighted by molar-refractivity contribution is 7.18. The van der Waals surface area contributed by atoms with Crippen molar-refractivity contribution in [2.75, 3.05) is 25.0 Å². The van der Waals surface area contributed by atoms with Gasteiger partial charge in [-0.2, -0.15) is 0 Å². The normalized spacial score (nSPS) is 15.4. The highest BCUT2D eigenvalue weighted by atomic mass is 32.1. The van der Waals surface area contributed by atoms with Gasteiger partial charge in [-0.3, -0.25) is 14.5 Å². The summed E-state index contributed by atoms with van der Waals surface area (Å²) in [6.07, 6.45) is 3.87. The quantitative estimate of drug-likeness (QED) is 0.606. The number of carbonyl (C=O) groups excluding carboxylic acids is 2. The van der Waals surface area contributed by atoms with Crippen LogP contribution in [0.3, 0.4) is 0 Å². The van der Waals surface area contributed by atoms with Crippen molar-refractivity contribution in [3.05, 3.63) is 63.6 Å². The van der Waals surface area contributed by atoms with Gasteiger partial charge in [-0.15, -0.1) is 22.7 Å². The number of anilines is 1. The second-order valence-corrected chi connectivity index (χ2v) is 8.64. The molecule has 8 heteroatoms. The number of furan rings is 1. The summed E-state index contributed by atoms with van der Waals surface area (Å²) >= 11 is 2.98. The maximum absolute atomic E-state index is 12.6. The van der Waals surface area contributed by atoms with Crippen molar-refractivity contribution >= 4 is 39.5 Å². The number of hydrogen-bond donors (Lipinski definition) is 2.